The van der Waals surface area contributed by atoms with Crippen LogP contribution in [0.15, 0.2) is 152 Å². The highest BCUT2D eigenvalue weighted by atomic mass is 28.3. The van der Waals surface area contributed by atoms with Gasteiger partial charge in [0.25, 0.3) is 0 Å². The molecule has 0 amide bonds. The third-order valence-corrected chi connectivity index (χ3v) is 10.3. The van der Waals surface area contributed by atoms with Crippen molar-refractivity contribution in [2.24, 2.45) is 0 Å². The Bertz CT molecular complexity index is 2270. The fourth-order valence-corrected chi connectivity index (χ4v) is 8.27. The molecule has 0 aromatic heterocycles. The second-order valence-electron chi connectivity index (χ2n) is 12.4. The summed E-state index contributed by atoms with van der Waals surface area (Å²) >= 11 is 0. The van der Waals surface area contributed by atoms with Gasteiger partial charge >= 0.3 is 0 Å². The van der Waals surface area contributed by atoms with Crippen LogP contribution in [0.1, 0.15) is 5.56 Å². The molecule has 8 aromatic rings. The molecule has 0 nitrogen and oxygen atoms in total. The standard InChI is InChI=1S/C43H34Si/c1-44(2)28-29-18-25-36-35(26-29)12-9-17-37(36)43-40-15-7-5-13-38(40)42(39-14-6-8-16-41(39)43)32-22-19-31(20-23-32)34-24-21-30-10-3-4-11-33(30)27-34/h3-27,44H,28H2,1-2H3. The summed E-state index contributed by atoms with van der Waals surface area (Å²) in [6, 6.07) is 57.6. The van der Waals surface area contributed by atoms with E-state index in [2.05, 4.69) is 165 Å². The van der Waals surface area contributed by atoms with E-state index in [0.717, 1.165) is 0 Å². The van der Waals surface area contributed by atoms with Crippen molar-refractivity contribution in [3.63, 3.8) is 0 Å². The summed E-state index contributed by atoms with van der Waals surface area (Å²) in [6.07, 6.45) is 0. The maximum absolute atomic E-state index is 2.43. The van der Waals surface area contributed by atoms with E-state index in [4.69, 9.17) is 0 Å². The van der Waals surface area contributed by atoms with Crippen molar-refractivity contribution in [3.8, 4) is 33.4 Å². The molecule has 0 aliphatic carbocycles. The van der Waals surface area contributed by atoms with Crippen LogP contribution in [0.4, 0.5) is 0 Å². The average molecular weight is 579 g/mol. The quantitative estimate of drug-likeness (QED) is 0.141. The van der Waals surface area contributed by atoms with E-state index in [9.17, 15) is 0 Å². The molecule has 1 heteroatoms. The molecule has 0 saturated carbocycles. The van der Waals surface area contributed by atoms with E-state index in [1.54, 1.807) is 0 Å². The van der Waals surface area contributed by atoms with Crippen molar-refractivity contribution in [1.82, 2.24) is 0 Å². The van der Waals surface area contributed by atoms with Gasteiger partial charge in [0.05, 0.1) is 0 Å². The third-order valence-electron chi connectivity index (χ3n) is 9.05. The highest BCUT2D eigenvalue weighted by Crippen LogP contribution is 2.45. The van der Waals surface area contributed by atoms with Gasteiger partial charge in [0.15, 0.2) is 0 Å². The number of benzene rings is 8. The zero-order valence-corrected chi connectivity index (χ0v) is 26.4. The van der Waals surface area contributed by atoms with E-state index in [0.29, 0.717) is 0 Å². The highest BCUT2D eigenvalue weighted by Gasteiger charge is 2.18. The van der Waals surface area contributed by atoms with E-state index >= 15 is 0 Å². The molecule has 0 spiro atoms. The summed E-state index contributed by atoms with van der Waals surface area (Å²) in [7, 11) is -0.684. The van der Waals surface area contributed by atoms with Crippen molar-refractivity contribution in [2.45, 2.75) is 19.1 Å². The van der Waals surface area contributed by atoms with Gasteiger partial charge in [-0.25, -0.2) is 0 Å². The van der Waals surface area contributed by atoms with Crippen LogP contribution in [0.2, 0.25) is 13.1 Å². The molecule has 0 aliphatic heterocycles. The van der Waals surface area contributed by atoms with Gasteiger partial charge in [-0.15, -0.1) is 0 Å². The van der Waals surface area contributed by atoms with Crippen molar-refractivity contribution >= 4 is 51.9 Å². The number of rotatable bonds is 5. The second-order valence-corrected chi connectivity index (χ2v) is 15.6. The Morgan fingerprint density at radius 3 is 1.64 bits per heavy atom. The van der Waals surface area contributed by atoms with Crippen LogP contribution in [-0.2, 0) is 6.04 Å². The van der Waals surface area contributed by atoms with Crippen molar-refractivity contribution in [3.05, 3.63) is 157 Å². The Kier molecular flexibility index (Phi) is 6.62. The lowest BCUT2D eigenvalue weighted by molar-refractivity contribution is 1.37. The van der Waals surface area contributed by atoms with Crippen LogP contribution in [0.5, 0.6) is 0 Å². The molecule has 210 valence electrons. The van der Waals surface area contributed by atoms with Gasteiger partial charge in [0, 0.05) is 8.80 Å². The molecule has 0 fully saturated rings. The lowest BCUT2D eigenvalue weighted by atomic mass is 9.84. The van der Waals surface area contributed by atoms with Gasteiger partial charge in [-0.3, -0.25) is 0 Å². The van der Waals surface area contributed by atoms with Crippen molar-refractivity contribution < 1.29 is 0 Å². The van der Waals surface area contributed by atoms with Gasteiger partial charge in [-0.1, -0.05) is 164 Å². The van der Waals surface area contributed by atoms with E-state index in [-0.39, 0.29) is 0 Å². The zero-order chi connectivity index (χ0) is 29.6. The van der Waals surface area contributed by atoms with Crippen LogP contribution < -0.4 is 0 Å². The molecule has 8 aromatic carbocycles. The van der Waals surface area contributed by atoms with Gasteiger partial charge in [-0.2, -0.15) is 0 Å². The molecule has 0 saturated heterocycles. The Balaban J connectivity index is 1.32. The first-order valence-corrected chi connectivity index (χ1v) is 18.8. The molecule has 0 unspecified atom stereocenters. The van der Waals surface area contributed by atoms with E-state index < -0.39 is 8.80 Å². The lowest BCUT2D eigenvalue weighted by Gasteiger charge is -2.19. The van der Waals surface area contributed by atoms with E-state index in [1.165, 1.54) is 88.1 Å². The molecule has 44 heavy (non-hydrogen) atoms. The zero-order valence-electron chi connectivity index (χ0n) is 25.2. The molecule has 0 N–H and O–H groups in total. The van der Waals surface area contributed by atoms with Gasteiger partial charge in [-0.05, 0) is 88.6 Å². The largest absolute Gasteiger partial charge is 0.0719 e. The monoisotopic (exact) mass is 578 g/mol. The summed E-state index contributed by atoms with van der Waals surface area (Å²) in [6.45, 7) is 4.86. The van der Waals surface area contributed by atoms with Crippen LogP contribution in [0.3, 0.4) is 0 Å². The smallest absolute Gasteiger partial charge is 0.0352 e. The summed E-state index contributed by atoms with van der Waals surface area (Å²) < 4.78 is 0. The minimum atomic E-state index is -0.684. The Hall–Kier alpha value is -4.98. The van der Waals surface area contributed by atoms with Crippen LogP contribution >= 0.6 is 0 Å². The van der Waals surface area contributed by atoms with Gasteiger partial charge in [0.2, 0.25) is 0 Å². The summed E-state index contributed by atoms with van der Waals surface area (Å²) in [5, 5.41) is 10.4. The molecular weight excluding hydrogens is 545 g/mol. The van der Waals surface area contributed by atoms with Crippen LogP contribution in [0, 0.1) is 0 Å². The highest BCUT2D eigenvalue weighted by molar-refractivity contribution is 6.55. The normalized spacial score (nSPS) is 11.7. The molecule has 0 radical (unpaired) electrons. The SMILES string of the molecule is C[SiH](C)Cc1ccc2c(-c3c4ccccc4c(-c4ccc(-c5ccc6ccccc6c5)cc4)c4ccccc34)cccc2c1. The first-order chi connectivity index (χ1) is 21.6. The maximum atomic E-state index is 2.43. The van der Waals surface area contributed by atoms with Crippen LogP contribution in [-0.4, -0.2) is 8.80 Å². The second kappa shape index (κ2) is 10.9. The maximum Gasteiger partial charge on any atom is 0.0352 e. The molecule has 8 rings (SSSR count). The minimum absolute atomic E-state index is 0.684. The summed E-state index contributed by atoms with van der Waals surface area (Å²) in [5.41, 5.74) is 9.12. The Morgan fingerprint density at radius 2 is 0.955 bits per heavy atom. The first kappa shape index (κ1) is 26.6. The van der Waals surface area contributed by atoms with Crippen LogP contribution in [0.25, 0.3) is 76.5 Å². The molecule has 0 atom stereocenters. The van der Waals surface area contributed by atoms with E-state index in [1.807, 2.05) is 0 Å². The summed E-state index contributed by atoms with van der Waals surface area (Å²) in [5.74, 6) is 0. The number of fused-ring (bicyclic) bond motifs is 4. The molecule has 0 aliphatic rings. The Morgan fingerprint density at radius 1 is 0.386 bits per heavy atom. The van der Waals surface area contributed by atoms with Gasteiger partial charge < -0.3 is 0 Å². The molecule has 0 bridgehead atoms. The number of hydrogen-bond donors (Lipinski definition) is 0. The van der Waals surface area contributed by atoms with Crippen molar-refractivity contribution in [1.29, 1.82) is 0 Å². The fraction of sp³-hybridized carbons (Fsp3) is 0.0698. The predicted octanol–water partition coefficient (Wildman–Crippen LogP) is 11.9. The Labute approximate surface area is 260 Å². The van der Waals surface area contributed by atoms with Crippen molar-refractivity contribution in [2.75, 3.05) is 0 Å². The topological polar surface area (TPSA) is 0 Å². The number of hydrogen-bond acceptors (Lipinski definition) is 0. The minimum Gasteiger partial charge on any atom is -0.0719 e. The predicted molar refractivity (Wildman–Crippen MR) is 195 cm³/mol. The molecule has 0 heterocycles. The van der Waals surface area contributed by atoms with Gasteiger partial charge in [0.1, 0.15) is 0 Å². The summed E-state index contributed by atoms with van der Waals surface area (Å²) in [4.78, 5) is 0. The molecular formula is C43H34Si. The fourth-order valence-electron chi connectivity index (χ4n) is 7.08. The lowest BCUT2D eigenvalue weighted by Crippen LogP contribution is -2.05. The average Bonchev–Trinajstić information content (AvgIpc) is 3.06. The third kappa shape index (κ3) is 4.61. The first-order valence-electron chi connectivity index (χ1n) is 15.7.